The van der Waals surface area contributed by atoms with Gasteiger partial charge >= 0.3 is 256 Å². The molecule has 41 heavy (non-hydrogen) atoms. The molecule has 2 N–H and O–H groups in total. The molecule has 0 fully saturated rings. The Labute approximate surface area is 255 Å². The van der Waals surface area contributed by atoms with Gasteiger partial charge in [-0.25, -0.2) is 0 Å². The van der Waals surface area contributed by atoms with Crippen molar-refractivity contribution >= 4 is 30.6 Å². The molecule has 0 bridgehead atoms. The molecule has 0 aromatic heterocycles. The summed E-state index contributed by atoms with van der Waals surface area (Å²) in [4.78, 5) is 9.63. The summed E-state index contributed by atoms with van der Waals surface area (Å²) in [6.07, 6.45) is 3.79. The fourth-order valence-corrected chi connectivity index (χ4v) is 5.82. The summed E-state index contributed by atoms with van der Waals surface area (Å²) in [6, 6.07) is 11.8. The second-order valence-electron chi connectivity index (χ2n) is 12.6. The Morgan fingerprint density at radius 3 is 1.51 bits per heavy atom. The summed E-state index contributed by atoms with van der Waals surface area (Å²) in [6.45, 7) is 21.9. The molecule has 2 aromatic rings. The van der Waals surface area contributed by atoms with Crippen molar-refractivity contribution in [2.24, 2.45) is 20.8 Å². The van der Waals surface area contributed by atoms with E-state index in [1.165, 1.54) is 0 Å². The van der Waals surface area contributed by atoms with Crippen molar-refractivity contribution < 1.29 is 16.5 Å². The van der Waals surface area contributed by atoms with Gasteiger partial charge in [-0.1, -0.05) is 0 Å². The minimum absolute atomic E-state index is 0.00331. The van der Waals surface area contributed by atoms with Crippen LogP contribution in [-0.4, -0.2) is 82.0 Å². The van der Waals surface area contributed by atoms with Crippen LogP contribution in [0.15, 0.2) is 46.4 Å². The molecule has 1 heterocycles. The molecule has 0 saturated carbocycles. The third-order valence-corrected chi connectivity index (χ3v) is 7.65. The van der Waals surface area contributed by atoms with E-state index < -0.39 is 18.1 Å². The van der Waals surface area contributed by atoms with E-state index in [1.54, 1.807) is 0 Å². The molecule has 3 rings (SSSR count). The average molecular weight is 621 g/mol. The van der Waals surface area contributed by atoms with Crippen molar-refractivity contribution in [3.63, 3.8) is 0 Å². The number of para-hydroxylation sites is 2. The van der Waals surface area contributed by atoms with Crippen LogP contribution in [0, 0.1) is 10.8 Å². The van der Waals surface area contributed by atoms with Gasteiger partial charge in [0.2, 0.25) is 0 Å². The van der Waals surface area contributed by atoms with Crippen LogP contribution in [0.4, 0.5) is 0 Å². The maximum absolute atomic E-state index is 6.42. The maximum atomic E-state index is 6.42. The number of nitrogens with zero attached hydrogens (tertiary/aromatic N) is 2. The molecule has 2 aromatic carbocycles. The Kier molecular flexibility index (Phi) is 12.6. The van der Waals surface area contributed by atoms with Crippen LogP contribution < -0.4 is 27.2 Å². The molecule has 1 aliphatic rings. The number of ether oxygens (including phenoxy) is 2. The fourth-order valence-electron chi connectivity index (χ4n) is 4.26. The summed E-state index contributed by atoms with van der Waals surface area (Å²) in [5.74, 6) is 2.70. The van der Waals surface area contributed by atoms with E-state index in [9.17, 15) is 0 Å². The van der Waals surface area contributed by atoms with Crippen LogP contribution >= 0.6 is 0 Å². The van der Waals surface area contributed by atoms with Crippen molar-refractivity contribution in [1.29, 1.82) is 0 Å². The van der Waals surface area contributed by atoms with E-state index in [0.29, 0.717) is 36.1 Å². The predicted molar refractivity (Wildman–Crippen MR) is 170 cm³/mol. The van der Waals surface area contributed by atoms with Gasteiger partial charge in [0.25, 0.3) is 0 Å². The number of hydrogen-bond acceptors (Lipinski definition) is 8. The summed E-state index contributed by atoms with van der Waals surface area (Å²) in [7, 11) is 0. The molecule has 0 aliphatic carbocycles. The molecule has 1 radical (unpaired) electrons. The average Bonchev–Trinajstić information content (AvgIpc) is 2.87. The van der Waals surface area contributed by atoms with Gasteiger partial charge in [0.1, 0.15) is 0 Å². The number of rotatable bonds is 4. The van der Waals surface area contributed by atoms with E-state index >= 15 is 0 Å². The van der Waals surface area contributed by atoms with Crippen LogP contribution in [0.5, 0.6) is 23.0 Å². The normalized spacial score (nSPS) is 18.2. The zero-order valence-electron chi connectivity index (χ0n) is 26.1. The zero-order chi connectivity index (χ0) is 29.9. The second kappa shape index (κ2) is 15.7. The van der Waals surface area contributed by atoms with Gasteiger partial charge in [-0.05, 0) is 0 Å². The van der Waals surface area contributed by atoms with Gasteiger partial charge in [0.05, 0.1) is 0 Å². The first-order valence-corrected chi connectivity index (χ1v) is 16.6. The molecule has 0 unspecified atom stereocenters. The van der Waals surface area contributed by atoms with Crippen molar-refractivity contribution in [2.45, 2.75) is 67.6 Å². The van der Waals surface area contributed by atoms with Gasteiger partial charge in [0, 0.05) is 0 Å². The molecule has 1 aliphatic heterocycles. The van der Waals surface area contributed by atoms with Crippen molar-refractivity contribution in [2.75, 3.05) is 39.3 Å². The number of hydrogen-bond donors (Lipinski definition) is 2. The number of nitrogens with one attached hydrogen (secondary N) is 2. The van der Waals surface area contributed by atoms with Crippen molar-refractivity contribution in [3.8, 4) is 23.0 Å². The molecular weight excluding hydrogens is 572 g/mol. The van der Waals surface area contributed by atoms with Gasteiger partial charge < -0.3 is 0 Å². The summed E-state index contributed by atoms with van der Waals surface area (Å²) in [5.41, 5.74) is 1.76. The summed E-state index contributed by atoms with van der Waals surface area (Å²) < 4.78 is 25.1. The number of aliphatic imine (C=N–C) groups is 2. The minimum atomic E-state index is -1.74. The predicted octanol–water partition coefficient (Wildman–Crippen LogP) is 5.34. The third kappa shape index (κ3) is 11.4. The molecule has 0 atom stereocenters. The van der Waals surface area contributed by atoms with Crippen molar-refractivity contribution in [3.05, 3.63) is 47.5 Å². The Hall–Kier alpha value is -2.46. The fraction of sp³-hybridized carbons (Fsp3) is 0.562. The zero-order valence-corrected chi connectivity index (χ0v) is 28.5. The van der Waals surface area contributed by atoms with E-state index in [1.807, 2.05) is 76.5 Å². The first kappa shape index (κ1) is 33.0. The first-order valence-electron chi connectivity index (χ1n) is 14.6. The monoisotopic (exact) mass is 620 g/mol. The molecule has 9 heteroatoms. The van der Waals surface area contributed by atoms with E-state index in [2.05, 4.69) is 38.3 Å². The number of benzene rings is 2. The quantitative estimate of drug-likeness (QED) is 0.450. The van der Waals surface area contributed by atoms with Crippen LogP contribution in [0.3, 0.4) is 0 Å². The Balaban J connectivity index is 1.96. The number of fused-ring (bicyclic) bond motifs is 2. The Bertz CT molecular complexity index is 1070. The van der Waals surface area contributed by atoms with Crippen LogP contribution in [0.2, 0.25) is 0 Å². The van der Waals surface area contributed by atoms with E-state index in [0.717, 1.165) is 37.3 Å². The Morgan fingerprint density at radius 1 is 0.707 bits per heavy atom. The van der Waals surface area contributed by atoms with Crippen LogP contribution in [0.1, 0.15) is 66.5 Å². The van der Waals surface area contributed by atoms with Gasteiger partial charge in [-0.15, -0.1) is 0 Å². The summed E-state index contributed by atoms with van der Waals surface area (Å²) >= 11 is -1.74. The standard InChI is InChI=1S/C32H50N4O4.Ga/c1-23(2)39-27-13-9-11-25(29(27)37)17-35-21-31(5,6)19-33-15-16-34-20-32(7,8)22-36-18-26-12-10-14-28(30(26)38)40-24(3)4;/h9-14,17-18,23-24,33-34,37-38H,15-16,19-22H2,1-8H3;/q;+2/p-2/i;1-2. The molecule has 0 spiro atoms. The molecule has 0 saturated heterocycles. The Morgan fingerprint density at radius 2 is 1.12 bits per heavy atom. The second-order valence-corrected chi connectivity index (χ2v) is 14.0. The first-order chi connectivity index (χ1) is 19.5. The van der Waals surface area contributed by atoms with Crippen LogP contribution in [-0.2, 0) is 0 Å². The SMILES string of the molecule is CC(C)Oc1cccc2c1[O][68Ga][O]c1c(cccc1OC(C)C)C=NCC(C)(C)CNCCNCC(C)(C)CN=C2. The van der Waals surface area contributed by atoms with Crippen LogP contribution in [0.25, 0.3) is 0 Å². The topological polar surface area (TPSA) is 85.7 Å². The van der Waals surface area contributed by atoms with Gasteiger partial charge in [0.15, 0.2) is 0 Å². The molecule has 0 amide bonds. The summed E-state index contributed by atoms with van der Waals surface area (Å²) in [5, 5.41) is 7.16. The van der Waals surface area contributed by atoms with E-state index in [4.69, 9.17) is 26.5 Å². The molecule has 223 valence electrons. The third-order valence-electron chi connectivity index (χ3n) is 6.26. The molecular formula is C32H48GaN4O4. The molecule has 8 nitrogen and oxygen atoms in total. The van der Waals surface area contributed by atoms with Crippen molar-refractivity contribution in [1.82, 2.24) is 10.6 Å². The van der Waals surface area contributed by atoms with Gasteiger partial charge in [-0.2, -0.15) is 0 Å². The van der Waals surface area contributed by atoms with E-state index in [-0.39, 0.29) is 23.0 Å². The van der Waals surface area contributed by atoms with Gasteiger partial charge in [-0.3, -0.25) is 0 Å².